The van der Waals surface area contributed by atoms with Gasteiger partial charge in [-0.25, -0.2) is 0 Å². The molecule has 0 aromatic carbocycles. The van der Waals surface area contributed by atoms with Gasteiger partial charge < -0.3 is 10.2 Å². The zero-order valence-corrected chi connectivity index (χ0v) is 6.33. The summed E-state index contributed by atoms with van der Waals surface area (Å²) in [7, 11) is 0. The summed E-state index contributed by atoms with van der Waals surface area (Å²) < 4.78 is 0. The summed E-state index contributed by atoms with van der Waals surface area (Å²) in [6.45, 7) is 5.79. The Morgan fingerprint density at radius 2 is 1.67 bits per heavy atom. The van der Waals surface area contributed by atoms with Crippen LogP contribution in [0.3, 0.4) is 0 Å². The number of aliphatic hydroxyl groups excluding tert-OH is 2. The molecule has 0 unspecified atom stereocenters. The summed E-state index contributed by atoms with van der Waals surface area (Å²) in [5, 5.41) is 17.8. The van der Waals surface area contributed by atoms with Crippen LogP contribution in [0, 0.1) is 11.8 Å². The molecule has 0 aromatic rings. The highest BCUT2D eigenvalue weighted by Crippen LogP contribution is 2.10. The topological polar surface area (TPSA) is 40.5 Å². The quantitative estimate of drug-likeness (QED) is 0.591. The lowest BCUT2D eigenvalue weighted by Crippen LogP contribution is -2.25. The molecule has 0 saturated heterocycles. The highest BCUT2D eigenvalue weighted by molar-refractivity contribution is 4.65. The summed E-state index contributed by atoms with van der Waals surface area (Å²) in [6.07, 6.45) is -0.366. The van der Waals surface area contributed by atoms with Crippen LogP contribution in [-0.4, -0.2) is 22.9 Å². The van der Waals surface area contributed by atoms with Crippen molar-refractivity contribution in [2.75, 3.05) is 6.61 Å². The van der Waals surface area contributed by atoms with Crippen LogP contribution < -0.4 is 0 Å². The van der Waals surface area contributed by atoms with E-state index in [-0.39, 0.29) is 24.5 Å². The van der Waals surface area contributed by atoms with Gasteiger partial charge in [-0.2, -0.15) is 0 Å². The minimum atomic E-state index is -0.366. The molecule has 0 aliphatic heterocycles. The van der Waals surface area contributed by atoms with Crippen molar-refractivity contribution in [1.82, 2.24) is 0 Å². The van der Waals surface area contributed by atoms with E-state index < -0.39 is 0 Å². The maximum atomic E-state index is 9.23. The Morgan fingerprint density at radius 1 is 1.22 bits per heavy atom. The van der Waals surface area contributed by atoms with Crippen molar-refractivity contribution in [2.45, 2.75) is 26.9 Å². The van der Waals surface area contributed by atoms with Crippen molar-refractivity contribution in [2.24, 2.45) is 11.8 Å². The first kappa shape index (κ1) is 8.92. The predicted molar refractivity (Wildman–Crippen MR) is 37.1 cm³/mol. The Balaban J connectivity index is 3.58. The van der Waals surface area contributed by atoms with E-state index in [0.29, 0.717) is 0 Å². The minimum Gasteiger partial charge on any atom is -0.396 e. The second-order valence-electron chi connectivity index (χ2n) is 2.89. The molecular weight excluding hydrogens is 116 g/mol. The van der Waals surface area contributed by atoms with Crippen LogP contribution in [-0.2, 0) is 0 Å². The molecule has 0 amide bonds. The van der Waals surface area contributed by atoms with Crippen molar-refractivity contribution < 1.29 is 10.2 Å². The standard InChI is InChI=1S/C7H16O2/c1-5(2)7(9)6(3)4-8/h5-9H,4H2,1-3H3/t6-,7-/m1/s1. The first-order valence-corrected chi connectivity index (χ1v) is 3.38. The fourth-order valence-corrected chi connectivity index (χ4v) is 0.765. The summed E-state index contributed by atoms with van der Waals surface area (Å²) in [5.74, 6) is 0.247. The van der Waals surface area contributed by atoms with Gasteiger partial charge in [0, 0.05) is 12.5 Å². The van der Waals surface area contributed by atoms with Crippen LogP contribution in [0.5, 0.6) is 0 Å². The van der Waals surface area contributed by atoms with Gasteiger partial charge >= 0.3 is 0 Å². The fourth-order valence-electron chi connectivity index (χ4n) is 0.765. The van der Waals surface area contributed by atoms with Crippen LogP contribution in [0.4, 0.5) is 0 Å². The van der Waals surface area contributed by atoms with Gasteiger partial charge in [-0.15, -0.1) is 0 Å². The number of hydrogen-bond acceptors (Lipinski definition) is 2. The third-order valence-corrected chi connectivity index (χ3v) is 1.55. The van der Waals surface area contributed by atoms with Crippen molar-refractivity contribution in [3.8, 4) is 0 Å². The van der Waals surface area contributed by atoms with Crippen molar-refractivity contribution in [3.05, 3.63) is 0 Å². The molecule has 0 saturated carbocycles. The molecule has 2 atom stereocenters. The SMILES string of the molecule is CC(C)[C@@H](O)[C@H](C)CO. The van der Waals surface area contributed by atoms with Crippen LogP contribution in [0.1, 0.15) is 20.8 Å². The summed E-state index contributed by atoms with van der Waals surface area (Å²) in [6, 6.07) is 0. The second kappa shape index (κ2) is 3.85. The van der Waals surface area contributed by atoms with Crippen molar-refractivity contribution in [1.29, 1.82) is 0 Å². The van der Waals surface area contributed by atoms with E-state index in [4.69, 9.17) is 5.11 Å². The molecule has 0 aliphatic carbocycles. The molecule has 0 rings (SSSR count). The maximum Gasteiger partial charge on any atom is 0.0610 e. The van der Waals surface area contributed by atoms with Gasteiger partial charge in [0.1, 0.15) is 0 Å². The number of rotatable bonds is 3. The van der Waals surface area contributed by atoms with Gasteiger partial charge in [0.05, 0.1) is 6.10 Å². The van der Waals surface area contributed by atoms with E-state index in [1.165, 1.54) is 0 Å². The second-order valence-corrected chi connectivity index (χ2v) is 2.89. The Labute approximate surface area is 56.5 Å². The lowest BCUT2D eigenvalue weighted by Gasteiger charge is -2.19. The lowest BCUT2D eigenvalue weighted by molar-refractivity contribution is 0.0427. The highest BCUT2D eigenvalue weighted by atomic mass is 16.3. The molecule has 0 spiro atoms. The van der Waals surface area contributed by atoms with Crippen molar-refractivity contribution >= 4 is 0 Å². The minimum absolute atomic E-state index is 0.00463. The van der Waals surface area contributed by atoms with Gasteiger partial charge in [0.15, 0.2) is 0 Å². The van der Waals surface area contributed by atoms with Crippen LogP contribution >= 0.6 is 0 Å². The normalized spacial score (nSPS) is 18.0. The summed E-state index contributed by atoms with van der Waals surface area (Å²) in [4.78, 5) is 0. The van der Waals surface area contributed by atoms with Gasteiger partial charge in [-0.05, 0) is 5.92 Å². The van der Waals surface area contributed by atoms with Gasteiger partial charge in [-0.3, -0.25) is 0 Å². The maximum absolute atomic E-state index is 9.23. The zero-order valence-electron chi connectivity index (χ0n) is 6.33. The molecule has 2 heteroatoms. The molecule has 2 N–H and O–H groups in total. The monoisotopic (exact) mass is 132 g/mol. The smallest absolute Gasteiger partial charge is 0.0610 e. The van der Waals surface area contributed by atoms with Gasteiger partial charge in [0.2, 0.25) is 0 Å². The summed E-state index contributed by atoms with van der Waals surface area (Å²) >= 11 is 0. The van der Waals surface area contributed by atoms with Crippen LogP contribution in [0.25, 0.3) is 0 Å². The Kier molecular flexibility index (Phi) is 3.82. The lowest BCUT2D eigenvalue weighted by atomic mass is 9.96. The van der Waals surface area contributed by atoms with Crippen LogP contribution in [0.15, 0.2) is 0 Å². The largest absolute Gasteiger partial charge is 0.396 e. The van der Waals surface area contributed by atoms with E-state index in [1.807, 2.05) is 20.8 Å². The molecule has 0 radical (unpaired) electrons. The first-order chi connectivity index (χ1) is 4.09. The molecular formula is C7H16O2. The molecule has 2 nitrogen and oxygen atoms in total. The third-order valence-electron chi connectivity index (χ3n) is 1.55. The van der Waals surface area contributed by atoms with Crippen molar-refractivity contribution in [3.63, 3.8) is 0 Å². The molecule has 9 heavy (non-hydrogen) atoms. The molecule has 0 heterocycles. The molecule has 56 valence electrons. The first-order valence-electron chi connectivity index (χ1n) is 3.38. The van der Waals surface area contributed by atoms with E-state index in [1.54, 1.807) is 0 Å². The van der Waals surface area contributed by atoms with Gasteiger partial charge in [-0.1, -0.05) is 20.8 Å². The van der Waals surface area contributed by atoms with E-state index in [9.17, 15) is 5.11 Å². The van der Waals surface area contributed by atoms with Crippen LogP contribution in [0.2, 0.25) is 0 Å². The molecule has 0 fully saturated rings. The summed E-state index contributed by atoms with van der Waals surface area (Å²) in [5.41, 5.74) is 0. The molecule has 0 bridgehead atoms. The predicted octanol–water partition coefficient (Wildman–Crippen LogP) is 0.632. The van der Waals surface area contributed by atoms with Gasteiger partial charge in [0.25, 0.3) is 0 Å². The Morgan fingerprint density at radius 3 is 1.78 bits per heavy atom. The average molecular weight is 132 g/mol. The van der Waals surface area contributed by atoms with E-state index in [2.05, 4.69) is 0 Å². The molecule has 0 aliphatic rings. The van der Waals surface area contributed by atoms with E-state index in [0.717, 1.165) is 0 Å². The zero-order chi connectivity index (χ0) is 7.44. The fraction of sp³-hybridized carbons (Fsp3) is 1.00. The Hall–Kier alpha value is -0.0800. The van der Waals surface area contributed by atoms with E-state index >= 15 is 0 Å². The number of aliphatic hydroxyl groups is 2. The Bertz CT molecular complexity index is 71.3. The average Bonchev–Trinajstić information content (AvgIpc) is 1.84. The number of hydrogen-bond donors (Lipinski definition) is 2. The molecule has 0 aromatic heterocycles. The highest BCUT2D eigenvalue weighted by Gasteiger charge is 2.15. The third kappa shape index (κ3) is 2.82.